The van der Waals surface area contributed by atoms with Gasteiger partial charge >= 0.3 is 5.97 Å². The smallest absolute Gasteiger partial charge is 0.313 e. The van der Waals surface area contributed by atoms with E-state index in [4.69, 9.17) is 9.47 Å². The SMILES string of the molecule is COCC1(C(=O)O)CCN(C(=O)COc2ccccc2Cc2ccccc2)C1. The number of amides is 1. The van der Waals surface area contributed by atoms with E-state index in [1.54, 1.807) is 4.90 Å². The predicted molar refractivity (Wildman–Crippen MR) is 104 cm³/mol. The van der Waals surface area contributed by atoms with E-state index < -0.39 is 11.4 Å². The molecule has 148 valence electrons. The van der Waals surface area contributed by atoms with Crippen molar-refractivity contribution in [1.82, 2.24) is 4.90 Å². The van der Waals surface area contributed by atoms with E-state index in [2.05, 4.69) is 0 Å². The molecular weight excluding hydrogens is 358 g/mol. The van der Waals surface area contributed by atoms with E-state index in [9.17, 15) is 14.7 Å². The number of hydrogen-bond donors (Lipinski definition) is 1. The summed E-state index contributed by atoms with van der Waals surface area (Å²) < 4.78 is 10.9. The van der Waals surface area contributed by atoms with Crippen molar-refractivity contribution in [3.05, 3.63) is 65.7 Å². The normalized spacial score (nSPS) is 18.8. The number of benzene rings is 2. The third kappa shape index (κ3) is 4.51. The summed E-state index contributed by atoms with van der Waals surface area (Å²) in [6, 6.07) is 17.7. The molecule has 6 nitrogen and oxygen atoms in total. The van der Waals surface area contributed by atoms with Gasteiger partial charge in [-0.15, -0.1) is 0 Å². The van der Waals surface area contributed by atoms with Gasteiger partial charge in [0.1, 0.15) is 11.2 Å². The van der Waals surface area contributed by atoms with Gasteiger partial charge in [-0.1, -0.05) is 48.5 Å². The van der Waals surface area contributed by atoms with Gasteiger partial charge < -0.3 is 19.5 Å². The topological polar surface area (TPSA) is 76.1 Å². The molecule has 2 aromatic rings. The van der Waals surface area contributed by atoms with Crippen molar-refractivity contribution in [2.45, 2.75) is 12.8 Å². The average Bonchev–Trinajstić information content (AvgIpc) is 3.14. The minimum atomic E-state index is -1.03. The molecule has 2 aromatic carbocycles. The van der Waals surface area contributed by atoms with E-state index in [-0.39, 0.29) is 25.7 Å². The minimum absolute atomic E-state index is 0.0902. The summed E-state index contributed by atoms with van der Waals surface area (Å²) in [5, 5.41) is 9.53. The maximum atomic E-state index is 12.6. The number of hydrogen-bond acceptors (Lipinski definition) is 4. The third-order valence-electron chi connectivity index (χ3n) is 5.14. The summed E-state index contributed by atoms with van der Waals surface area (Å²) in [6.45, 7) is 0.509. The number of para-hydroxylation sites is 1. The first-order valence-electron chi connectivity index (χ1n) is 9.29. The Bertz CT molecular complexity index is 823. The first-order valence-corrected chi connectivity index (χ1v) is 9.29. The van der Waals surface area contributed by atoms with Crippen LogP contribution >= 0.6 is 0 Å². The lowest BCUT2D eigenvalue weighted by Gasteiger charge is -2.24. The Balaban J connectivity index is 1.62. The number of carbonyl (C=O) groups is 2. The van der Waals surface area contributed by atoms with Crippen molar-refractivity contribution in [2.24, 2.45) is 5.41 Å². The number of carboxylic acids is 1. The van der Waals surface area contributed by atoms with Crippen LogP contribution in [0.15, 0.2) is 54.6 Å². The second-order valence-electron chi connectivity index (χ2n) is 7.14. The maximum Gasteiger partial charge on any atom is 0.313 e. The van der Waals surface area contributed by atoms with Gasteiger partial charge in [-0.25, -0.2) is 0 Å². The monoisotopic (exact) mass is 383 g/mol. The van der Waals surface area contributed by atoms with Crippen LogP contribution in [0, 0.1) is 5.41 Å². The molecule has 6 heteroatoms. The van der Waals surface area contributed by atoms with Crippen LogP contribution in [-0.4, -0.2) is 55.3 Å². The van der Waals surface area contributed by atoms with Gasteiger partial charge in [0.2, 0.25) is 0 Å². The number of nitrogens with zero attached hydrogens (tertiary/aromatic N) is 1. The number of likely N-dealkylation sites (tertiary alicyclic amines) is 1. The van der Waals surface area contributed by atoms with Crippen molar-refractivity contribution < 1.29 is 24.2 Å². The molecule has 0 aromatic heterocycles. The molecule has 3 rings (SSSR count). The molecule has 1 amide bonds. The molecule has 0 spiro atoms. The van der Waals surface area contributed by atoms with Gasteiger partial charge in [-0.05, 0) is 23.6 Å². The Morgan fingerprint density at radius 1 is 1.11 bits per heavy atom. The Hall–Kier alpha value is -2.86. The molecule has 1 unspecified atom stereocenters. The summed E-state index contributed by atoms with van der Waals surface area (Å²) in [7, 11) is 1.47. The van der Waals surface area contributed by atoms with E-state index in [1.807, 2.05) is 54.6 Å². The van der Waals surface area contributed by atoms with Crippen molar-refractivity contribution in [2.75, 3.05) is 33.4 Å². The summed E-state index contributed by atoms with van der Waals surface area (Å²) in [5.41, 5.74) is 1.13. The van der Waals surface area contributed by atoms with Crippen LogP contribution < -0.4 is 4.74 Å². The van der Waals surface area contributed by atoms with Gasteiger partial charge in [0.25, 0.3) is 5.91 Å². The molecule has 1 heterocycles. The number of ether oxygens (including phenoxy) is 2. The molecule has 0 radical (unpaired) electrons. The lowest BCUT2D eigenvalue weighted by molar-refractivity contribution is -0.151. The average molecular weight is 383 g/mol. The van der Waals surface area contributed by atoms with E-state index in [0.717, 1.165) is 11.1 Å². The van der Waals surface area contributed by atoms with Crippen molar-refractivity contribution in [3.63, 3.8) is 0 Å². The lowest BCUT2D eigenvalue weighted by atomic mass is 9.88. The maximum absolute atomic E-state index is 12.6. The van der Waals surface area contributed by atoms with E-state index in [1.165, 1.54) is 7.11 Å². The van der Waals surface area contributed by atoms with Crippen LogP contribution in [0.3, 0.4) is 0 Å². The molecule has 1 saturated heterocycles. The van der Waals surface area contributed by atoms with Crippen molar-refractivity contribution in [3.8, 4) is 5.75 Å². The summed E-state index contributed by atoms with van der Waals surface area (Å²) >= 11 is 0. The molecule has 1 aliphatic rings. The van der Waals surface area contributed by atoms with Gasteiger partial charge in [0.05, 0.1) is 6.61 Å². The Labute approximate surface area is 164 Å². The summed E-state index contributed by atoms with van der Waals surface area (Å²) in [6.07, 6.45) is 1.09. The Morgan fingerprint density at radius 3 is 2.54 bits per heavy atom. The fourth-order valence-electron chi connectivity index (χ4n) is 3.55. The van der Waals surface area contributed by atoms with Gasteiger partial charge in [0.15, 0.2) is 6.61 Å². The molecule has 28 heavy (non-hydrogen) atoms. The number of methoxy groups -OCH3 is 1. The van der Waals surface area contributed by atoms with Gasteiger partial charge in [-0.2, -0.15) is 0 Å². The highest BCUT2D eigenvalue weighted by molar-refractivity contribution is 5.81. The predicted octanol–water partition coefficient (Wildman–Crippen LogP) is 2.61. The van der Waals surface area contributed by atoms with Crippen LogP contribution in [0.5, 0.6) is 5.75 Å². The van der Waals surface area contributed by atoms with Crippen LogP contribution in [-0.2, 0) is 20.7 Å². The second-order valence-corrected chi connectivity index (χ2v) is 7.14. The second kappa shape index (κ2) is 8.89. The summed E-state index contributed by atoms with van der Waals surface area (Å²) in [5.74, 6) is -0.479. The third-order valence-corrected chi connectivity index (χ3v) is 5.14. The Kier molecular flexibility index (Phi) is 6.31. The fourth-order valence-corrected chi connectivity index (χ4v) is 3.55. The van der Waals surface area contributed by atoms with Crippen LogP contribution in [0.25, 0.3) is 0 Å². The molecule has 1 fully saturated rings. The minimum Gasteiger partial charge on any atom is -0.483 e. The van der Waals surface area contributed by atoms with Crippen molar-refractivity contribution in [1.29, 1.82) is 0 Å². The Morgan fingerprint density at radius 2 is 1.82 bits per heavy atom. The molecule has 1 atom stereocenters. The van der Waals surface area contributed by atoms with Crippen LogP contribution in [0.1, 0.15) is 17.5 Å². The zero-order valence-electron chi connectivity index (χ0n) is 16.0. The van der Waals surface area contributed by atoms with Crippen molar-refractivity contribution >= 4 is 11.9 Å². The standard InChI is InChI=1S/C22H25NO5/c1-27-16-22(21(25)26)11-12-23(15-22)20(24)14-28-19-10-6-5-9-18(19)13-17-7-3-2-4-8-17/h2-10H,11-16H2,1H3,(H,25,26). The molecule has 1 N–H and O–H groups in total. The highest BCUT2D eigenvalue weighted by atomic mass is 16.5. The summed E-state index contributed by atoms with van der Waals surface area (Å²) in [4.78, 5) is 25.7. The number of carboxylic acid groups (broad SMARTS) is 1. The first kappa shape index (κ1) is 19.9. The first-order chi connectivity index (χ1) is 13.5. The zero-order chi connectivity index (χ0) is 20.0. The zero-order valence-corrected chi connectivity index (χ0v) is 16.0. The number of rotatable bonds is 8. The molecule has 0 saturated carbocycles. The number of carbonyl (C=O) groups excluding carboxylic acids is 1. The molecule has 0 bridgehead atoms. The van der Waals surface area contributed by atoms with Crippen LogP contribution in [0.4, 0.5) is 0 Å². The van der Waals surface area contributed by atoms with Crippen LogP contribution in [0.2, 0.25) is 0 Å². The van der Waals surface area contributed by atoms with Gasteiger partial charge in [-0.3, -0.25) is 9.59 Å². The molecule has 0 aliphatic carbocycles. The highest BCUT2D eigenvalue weighted by Gasteiger charge is 2.46. The highest BCUT2D eigenvalue weighted by Crippen LogP contribution is 2.31. The number of aliphatic carboxylic acids is 1. The quantitative estimate of drug-likeness (QED) is 0.758. The lowest BCUT2D eigenvalue weighted by Crippen LogP contribution is -2.41. The molecular formula is C22H25NO5. The van der Waals surface area contributed by atoms with E-state index in [0.29, 0.717) is 25.1 Å². The van der Waals surface area contributed by atoms with Gasteiger partial charge in [0, 0.05) is 26.6 Å². The van der Waals surface area contributed by atoms with E-state index >= 15 is 0 Å². The fraction of sp³-hybridized carbons (Fsp3) is 0.364. The largest absolute Gasteiger partial charge is 0.483 e. The molecule has 1 aliphatic heterocycles.